The molecule has 5 heteroatoms. The van der Waals surface area contributed by atoms with Gasteiger partial charge in [-0.1, -0.05) is 74.0 Å². The molecule has 0 bridgehead atoms. The van der Waals surface area contributed by atoms with Crippen LogP contribution in [0, 0.1) is 0 Å². The van der Waals surface area contributed by atoms with E-state index >= 15 is 0 Å². The van der Waals surface area contributed by atoms with Crippen molar-refractivity contribution < 1.29 is 14.3 Å². The van der Waals surface area contributed by atoms with Crippen molar-refractivity contribution in [2.24, 2.45) is 0 Å². The summed E-state index contributed by atoms with van der Waals surface area (Å²) in [6.45, 7) is 4.59. The summed E-state index contributed by atoms with van der Waals surface area (Å²) < 4.78 is 5.29. The summed E-state index contributed by atoms with van der Waals surface area (Å²) in [5.41, 5.74) is 1.97. The molecule has 1 saturated heterocycles. The van der Waals surface area contributed by atoms with Crippen LogP contribution in [-0.2, 0) is 9.53 Å². The van der Waals surface area contributed by atoms with Crippen LogP contribution in [0.1, 0.15) is 36.8 Å². The Morgan fingerprint density at radius 2 is 1.36 bits per heavy atom. The summed E-state index contributed by atoms with van der Waals surface area (Å²) in [6, 6.07) is 19.7. The van der Waals surface area contributed by atoms with Crippen LogP contribution in [0.2, 0.25) is 0 Å². The molecule has 0 N–H and O–H groups in total. The van der Waals surface area contributed by atoms with Crippen molar-refractivity contribution in [1.82, 2.24) is 9.80 Å². The van der Waals surface area contributed by atoms with Crippen LogP contribution in [0.25, 0.3) is 0 Å². The van der Waals surface area contributed by atoms with Crippen molar-refractivity contribution in [3.8, 4) is 0 Å². The Balaban J connectivity index is 1.67. The molecule has 1 aliphatic heterocycles. The van der Waals surface area contributed by atoms with E-state index in [9.17, 15) is 9.59 Å². The van der Waals surface area contributed by atoms with Gasteiger partial charge in [0.1, 0.15) is 0 Å². The van der Waals surface area contributed by atoms with Crippen molar-refractivity contribution >= 4 is 12.0 Å². The molecule has 2 amide bonds. The fraction of sp³-hybridized carbons (Fsp3) is 0.391. The average molecular weight is 380 g/mol. The molecule has 0 saturated carbocycles. The predicted octanol–water partition coefficient (Wildman–Crippen LogP) is 3.90. The minimum absolute atomic E-state index is 0.0800. The van der Waals surface area contributed by atoms with Gasteiger partial charge in [0, 0.05) is 26.2 Å². The number of hydrogen-bond acceptors (Lipinski definition) is 3. The lowest BCUT2D eigenvalue weighted by molar-refractivity contribution is -0.133. The number of nitrogens with zero attached hydrogens (tertiary/aromatic N) is 2. The Morgan fingerprint density at radius 1 is 0.857 bits per heavy atom. The number of unbranched alkanes of at least 4 members (excludes halogenated alkanes) is 1. The molecule has 1 aliphatic rings. The van der Waals surface area contributed by atoms with Gasteiger partial charge < -0.3 is 14.5 Å². The molecule has 0 unspecified atom stereocenters. The van der Waals surface area contributed by atoms with Gasteiger partial charge in [0.15, 0.2) is 0 Å². The van der Waals surface area contributed by atoms with Crippen LogP contribution < -0.4 is 0 Å². The summed E-state index contributed by atoms with van der Waals surface area (Å²) in [4.78, 5) is 29.1. The molecule has 1 heterocycles. The van der Waals surface area contributed by atoms with Gasteiger partial charge in [0.05, 0.1) is 12.5 Å². The van der Waals surface area contributed by atoms with Crippen LogP contribution in [0.5, 0.6) is 0 Å². The second kappa shape index (κ2) is 9.93. The maximum absolute atomic E-state index is 13.4. The third kappa shape index (κ3) is 4.91. The first-order valence-electron chi connectivity index (χ1n) is 10.0. The van der Waals surface area contributed by atoms with E-state index in [4.69, 9.17) is 4.74 Å². The van der Waals surface area contributed by atoms with Crippen molar-refractivity contribution in [2.75, 3.05) is 32.8 Å². The topological polar surface area (TPSA) is 49.9 Å². The van der Waals surface area contributed by atoms with Gasteiger partial charge in [-0.05, 0) is 17.5 Å². The van der Waals surface area contributed by atoms with E-state index in [0.29, 0.717) is 32.8 Å². The van der Waals surface area contributed by atoms with E-state index < -0.39 is 0 Å². The van der Waals surface area contributed by atoms with Gasteiger partial charge in [-0.2, -0.15) is 0 Å². The standard InChI is InChI=1S/C23H28N2O3/c1-2-3-18-28-23(27)25-16-14-24(15-17-25)22(26)21(19-10-6-4-7-11-19)20-12-8-5-9-13-20/h4-13,21H,2-3,14-18H2,1H3. The molecule has 0 atom stereocenters. The highest BCUT2D eigenvalue weighted by Crippen LogP contribution is 2.27. The third-order valence-corrected chi connectivity index (χ3v) is 5.09. The molecule has 0 aliphatic carbocycles. The SMILES string of the molecule is CCCCOC(=O)N1CCN(C(=O)C(c2ccccc2)c2ccccc2)CC1. The Hall–Kier alpha value is -2.82. The Kier molecular flexibility index (Phi) is 7.06. The van der Waals surface area contributed by atoms with E-state index in [-0.39, 0.29) is 17.9 Å². The van der Waals surface area contributed by atoms with Gasteiger partial charge in [0.2, 0.25) is 5.91 Å². The highest BCUT2D eigenvalue weighted by Gasteiger charge is 2.31. The number of ether oxygens (including phenoxy) is 1. The third-order valence-electron chi connectivity index (χ3n) is 5.09. The summed E-state index contributed by atoms with van der Waals surface area (Å²) >= 11 is 0. The number of rotatable bonds is 6. The second-order valence-electron chi connectivity index (χ2n) is 7.03. The lowest BCUT2D eigenvalue weighted by Gasteiger charge is -2.36. The zero-order valence-corrected chi connectivity index (χ0v) is 16.4. The molecule has 3 rings (SSSR count). The molecule has 148 valence electrons. The van der Waals surface area contributed by atoms with Crippen LogP contribution >= 0.6 is 0 Å². The van der Waals surface area contributed by atoms with E-state index in [1.807, 2.05) is 65.6 Å². The summed E-state index contributed by atoms with van der Waals surface area (Å²) in [5.74, 6) is -0.248. The highest BCUT2D eigenvalue weighted by molar-refractivity contribution is 5.87. The van der Waals surface area contributed by atoms with Gasteiger partial charge >= 0.3 is 6.09 Å². The predicted molar refractivity (Wildman–Crippen MR) is 109 cm³/mol. The normalized spacial score (nSPS) is 14.2. The largest absolute Gasteiger partial charge is 0.449 e. The molecule has 5 nitrogen and oxygen atoms in total. The highest BCUT2D eigenvalue weighted by atomic mass is 16.6. The lowest BCUT2D eigenvalue weighted by Crippen LogP contribution is -2.51. The first kappa shape index (κ1) is 19.9. The molecular formula is C23H28N2O3. The maximum atomic E-state index is 13.4. The van der Waals surface area contributed by atoms with Crippen LogP contribution in [0.15, 0.2) is 60.7 Å². The minimum atomic E-state index is -0.328. The fourth-order valence-corrected chi connectivity index (χ4v) is 3.46. The van der Waals surface area contributed by atoms with Gasteiger partial charge in [-0.15, -0.1) is 0 Å². The smallest absolute Gasteiger partial charge is 0.409 e. The molecule has 2 aromatic carbocycles. The summed E-state index contributed by atoms with van der Waals surface area (Å²) in [6.07, 6.45) is 1.60. The first-order chi connectivity index (χ1) is 13.7. The van der Waals surface area contributed by atoms with Gasteiger partial charge in [-0.25, -0.2) is 4.79 Å². The zero-order chi connectivity index (χ0) is 19.8. The second-order valence-corrected chi connectivity index (χ2v) is 7.03. The molecule has 2 aromatic rings. The van der Waals surface area contributed by atoms with E-state index in [1.54, 1.807) is 4.90 Å². The minimum Gasteiger partial charge on any atom is -0.449 e. The Labute approximate surface area is 166 Å². The first-order valence-corrected chi connectivity index (χ1v) is 10.0. The quantitative estimate of drug-likeness (QED) is 0.714. The van der Waals surface area contributed by atoms with E-state index in [0.717, 1.165) is 24.0 Å². The number of benzene rings is 2. The summed E-state index contributed by atoms with van der Waals surface area (Å²) in [5, 5.41) is 0. The number of hydrogen-bond donors (Lipinski definition) is 0. The molecule has 0 aromatic heterocycles. The molecule has 1 fully saturated rings. The van der Waals surface area contributed by atoms with Gasteiger partial charge in [-0.3, -0.25) is 4.79 Å². The number of carbonyl (C=O) groups is 2. The number of carbonyl (C=O) groups excluding carboxylic acids is 2. The van der Waals surface area contributed by atoms with E-state index in [2.05, 4.69) is 6.92 Å². The van der Waals surface area contributed by atoms with Crippen LogP contribution in [0.4, 0.5) is 4.79 Å². The van der Waals surface area contributed by atoms with Crippen LogP contribution in [-0.4, -0.2) is 54.6 Å². The monoisotopic (exact) mass is 380 g/mol. The molecule has 0 radical (unpaired) electrons. The van der Waals surface area contributed by atoms with Crippen molar-refractivity contribution in [3.63, 3.8) is 0 Å². The van der Waals surface area contributed by atoms with Gasteiger partial charge in [0.25, 0.3) is 0 Å². The fourth-order valence-electron chi connectivity index (χ4n) is 3.46. The summed E-state index contributed by atoms with van der Waals surface area (Å²) in [7, 11) is 0. The molecule has 28 heavy (non-hydrogen) atoms. The molecular weight excluding hydrogens is 352 g/mol. The average Bonchev–Trinajstić information content (AvgIpc) is 2.75. The van der Waals surface area contributed by atoms with Crippen molar-refractivity contribution in [2.45, 2.75) is 25.7 Å². The van der Waals surface area contributed by atoms with Crippen LogP contribution in [0.3, 0.4) is 0 Å². The van der Waals surface area contributed by atoms with E-state index in [1.165, 1.54) is 0 Å². The zero-order valence-electron chi connectivity index (χ0n) is 16.4. The number of piperazine rings is 1. The maximum Gasteiger partial charge on any atom is 0.409 e. The van der Waals surface area contributed by atoms with Crippen molar-refractivity contribution in [1.29, 1.82) is 0 Å². The number of amides is 2. The Bertz CT molecular complexity index is 716. The molecule has 0 spiro atoms. The van der Waals surface area contributed by atoms with Crippen molar-refractivity contribution in [3.05, 3.63) is 71.8 Å². The lowest BCUT2D eigenvalue weighted by atomic mass is 9.90. The Morgan fingerprint density at radius 3 is 1.86 bits per heavy atom.